The predicted molar refractivity (Wildman–Crippen MR) is 371 cm³/mol. The summed E-state index contributed by atoms with van der Waals surface area (Å²) in [7, 11) is 0. The molecule has 0 unspecified atom stereocenters. The van der Waals surface area contributed by atoms with E-state index in [4.69, 9.17) is 18.9 Å². The molecular formula is C78H150O8. The summed E-state index contributed by atoms with van der Waals surface area (Å²) in [4.78, 5) is 47.5. The van der Waals surface area contributed by atoms with Gasteiger partial charge in [0, 0.05) is 25.0 Å². The first-order valence-corrected chi connectivity index (χ1v) is 38.4. The number of hydrogen-bond acceptors (Lipinski definition) is 8. The van der Waals surface area contributed by atoms with Gasteiger partial charge in [-0.05, 0) is 50.4 Å². The van der Waals surface area contributed by atoms with Crippen molar-refractivity contribution in [2.75, 3.05) is 26.4 Å². The maximum Gasteiger partial charge on any atom is 0.331 e. The molecule has 0 bridgehead atoms. The molecular weight excluding hydrogens is 1060 g/mol. The molecule has 0 saturated heterocycles. The molecule has 0 aromatic carbocycles. The minimum Gasteiger partial charge on any atom is -0.466 e. The first-order chi connectivity index (χ1) is 42.1. The maximum absolute atomic E-state index is 11.9. The summed E-state index contributed by atoms with van der Waals surface area (Å²) in [5, 5.41) is 0. The lowest BCUT2D eigenvalue weighted by Crippen LogP contribution is -2.08. The number of rotatable bonds is 69. The van der Waals surface area contributed by atoms with Crippen molar-refractivity contribution in [3.05, 3.63) is 12.2 Å². The highest BCUT2D eigenvalue weighted by molar-refractivity contribution is 5.91. The van der Waals surface area contributed by atoms with Gasteiger partial charge in [-0.25, -0.2) is 9.59 Å². The maximum atomic E-state index is 11.9. The van der Waals surface area contributed by atoms with Gasteiger partial charge in [0.15, 0.2) is 0 Å². The minimum atomic E-state index is -0.455. The van der Waals surface area contributed by atoms with Gasteiger partial charge in [-0.3, -0.25) is 9.59 Å². The molecule has 0 rings (SSSR count). The van der Waals surface area contributed by atoms with Gasteiger partial charge in [-0.15, -0.1) is 0 Å². The van der Waals surface area contributed by atoms with Crippen molar-refractivity contribution in [2.45, 2.75) is 427 Å². The van der Waals surface area contributed by atoms with Crippen molar-refractivity contribution in [3.63, 3.8) is 0 Å². The van der Waals surface area contributed by atoms with Crippen LogP contribution in [0.3, 0.4) is 0 Å². The number of ether oxygens (including phenoxy) is 4. The van der Waals surface area contributed by atoms with Crippen LogP contribution < -0.4 is 0 Å². The van der Waals surface area contributed by atoms with Gasteiger partial charge in [0.2, 0.25) is 0 Å². The molecule has 0 aliphatic heterocycles. The van der Waals surface area contributed by atoms with E-state index >= 15 is 0 Å². The fourth-order valence-corrected chi connectivity index (χ4v) is 11.4. The topological polar surface area (TPSA) is 105 Å². The lowest BCUT2D eigenvalue weighted by molar-refractivity contribution is -0.146. The molecule has 0 fully saturated rings. The molecule has 0 amide bonds. The van der Waals surface area contributed by atoms with Gasteiger partial charge in [-0.1, -0.05) is 375 Å². The molecule has 0 aromatic rings. The summed E-state index contributed by atoms with van der Waals surface area (Å²) in [5.74, 6) is 0.549. The molecule has 0 atom stereocenters. The van der Waals surface area contributed by atoms with Crippen molar-refractivity contribution in [2.24, 2.45) is 11.8 Å². The summed E-state index contributed by atoms with van der Waals surface area (Å²) in [6.07, 6.45) is 78.4. The third kappa shape index (κ3) is 79.6. The largest absolute Gasteiger partial charge is 0.466 e. The monoisotopic (exact) mass is 1220 g/mol. The molecule has 510 valence electrons. The number of hydrogen-bond donors (Lipinski definition) is 0. The Morgan fingerprint density at radius 2 is 0.407 bits per heavy atom. The Kier molecular flexibility index (Phi) is 74.8. The van der Waals surface area contributed by atoms with Crippen LogP contribution in [0.25, 0.3) is 0 Å². The summed E-state index contributed by atoms with van der Waals surface area (Å²) in [6, 6.07) is 0. The van der Waals surface area contributed by atoms with E-state index in [9.17, 15) is 19.2 Å². The normalized spacial score (nSPS) is 11.4. The van der Waals surface area contributed by atoms with Crippen molar-refractivity contribution < 1.29 is 38.1 Å². The van der Waals surface area contributed by atoms with Gasteiger partial charge in [0.25, 0.3) is 0 Å². The molecule has 8 heteroatoms. The Labute approximate surface area is 536 Å². The molecule has 8 nitrogen and oxygen atoms in total. The molecule has 0 spiro atoms. The Hall–Kier alpha value is -2.38. The first-order valence-electron chi connectivity index (χ1n) is 38.4. The zero-order chi connectivity index (χ0) is 63.0. The van der Waals surface area contributed by atoms with Crippen molar-refractivity contribution >= 4 is 23.9 Å². The molecule has 0 aromatic heterocycles. The van der Waals surface area contributed by atoms with E-state index in [1.54, 1.807) is 0 Å². The molecule has 86 heavy (non-hydrogen) atoms. The van der Waals surface area contributed by atoms with Crippen LogP contribution in [-0.4, -0.2) is 50.3 Å². The lowest BCUT2D eigenvalue weighted by Gasteiger charge is -2.06. The Morgan fingerprint density at radius 1 is 0.233 bits per heavy atom. The second kappa shape index (κ2) is 75.1. The van der Waals surface area contributed by atoms with Crippen molar-refractivity contribution in [1.82, 2.24) is 0 Å². The van der Waals surface area contributed by atoms with Gasteiger partial charge in [-0.2, -0.15) is 0 Å². The fourth-order valence-electron chi connectivity index (χ4n) is 11.4. The zero-order valence-corrected chi connectivity index (χ0v) is 58.8. The van der Waals surface area contributed by atoms with Crippen LogP contribution in [0, 0.1) is 11.8 Å². The molecule has 0 N–H and O–H groups in total. The summed E-state index contributed by atoms with van der Waals surface area (Å²) in [5.41, 5.74) is 0. The van der Waals surface area contributed by atoms with Crippen LogP contribution in [-0.2, 0) is 38.1 Å². The van der Waals surface area contributed by atoms with Crippen LogP contribution in [0.2, 0.25) is 0 Å². The third-order valence-electron chi connectivity index (χ3n) is 17.2. The Balaban J connectivity index is 0. The lowest BCUT2D eigenvalue weighted by atomic mass is 10.0. The van der Waals surface area contributed by atoms with E-state index in [2.05, 4.69) is 41.5 Å². The fraction of sp³-hybridized carbons (Fsp3) is 0.923. The second-order valence-corrected chi connectivity index (χ2v) is 27.1. The molecule has 0 aliphatic rings. The SMILES string of the molecule is CC(C)CCCCCCCCCCCCCCCOC(=O)/C=C/C(=O)OCCCCCCCCCCCCCCCC(C)C.CCCCCCCCCCCCCCCCOC(=O)CCCCC(=O)OCCCCCCCCCCCCCCCC. The van der Waals surface area contributed by atoms with E-state index in [0.717, 1.165) is 63.2 Å². The van der Waals surface area contributed by atoms with E-state index in [-0.39, 0.29) is 11.9 Å². The van der Waals surface area contributed by atoms with Gasteiger partial charge in [0.1, 0.15) is 0 Å². The highest BCUT2D eigenvalue weighted by atomic mass is 16.5. The summed E-state index contributed by atoms with van der Waals surface area (Å²) in [6.45, 7) is 15.7. The number of unbranched alkanes of at least 4 members (excludes halogenated alkanes) is 51. The highest BCUT2D eigenvalue weighted by Crippen LogP contribution is 2.19. The van der Waals surface area contributed by atoms with Crippen LogP contribution in [0.15, 0.2) is 12.2 Å². The van der Waals surface area contributed by atoms with Gasteiger partial charge < -0.3 is 18.9 Å². The van der Waals surface area contributed by atoms with E-state index in [1.807, 2.05) is 0 Å². The molecule has 0 heterocycles. The van der Waals surface area contributed by atoms with E-state index in [0.29, 0.717) is 52.1 Å². The van der Waals surface area contributed by atoms with Crippen molar-refractivity contribution in [3.8, 4) is 0 Å². The first kappa shape index (κ1) is 85.7. The van der Waals surface area contributed by atoms with Crippen LogP contribution in [0.4, 0.5) is 0 Å². The van der Waals surface area contributed by atoms with E-state index < -0.39 is 11.9 Å². The molecule has 0 aliphatic carbocycles. The average Bonchev–Trinajstić information content (AvgIpc) is 3.49. The quantitative estimate of drug-likeness (QED) is 0.0257. The van der Waals surface area contributed by atoms with Gasteiger partial charge >= 0.3 is 23.9 Å². The predicted octanol–water partition coefficient (Wildman–Crippen LogP) is 25.5. The average molecular weight is 1220 g/mol. The second-order valence-electron chi connectivity index (χ2n) is 27.1. The third-order valence-corrected chi connectivity index (χ3v) is 17.2. The van der Waals surface area contributed by atoms with Crippen LogP contribution >= 0.6 is 0 Å². The van der Waals surface area contributed by atoms with Crippen molar-refractivity contribution in [1.29, 1.82) is 0 Å². The Bertz CT molecular complexity index is 1290. The number of carbonyl (C=O) groups is 4. The van der Waals surface area contributed by atoms with E-state index in [1.165, 1.54) is 320 Å². The number of carbonyl (C=O) groups excluding carboxylic acids is 4. The zero-order valence-electron chi connectivity index (χ0n) is 58.8. The number of esters is 4. The molecule has 0 radical (unpaired) electrons. The summed E-state index contributed by atoms with van der Waals surface area (Å²) >= 11 is 0. The van der Waals surface area contributed by atoms with Crippen LogP contribution in [0.5, 0.6) is 0 Å². The smallest absolute Gasteiger partial charge is 0.331 e. The Morgan fingerprint density at radius 3 is 0.605 bits per heavy atom. The highest BCUT2D eigenvalue weighted by Gasteiger charge is 2.08. The van der Waals surface area contributed by atoms with Gasteiger partial charge in [0.05, 0.1) is 26.4 Å². The molecule has 0 saturated carbocycles. The standard InChI is InChI=1S/C40H76O4.C38H74O4/c1-37(2)31-27-23-19-15-11-7-5-9-13-17-21-25-29-35-43-39(41)33-34-40(42)44-36-30-26-22-18-14-10-6-8-12-16-20-24-28-32-38(3)4;1-3-5-7-9-11-13-15-17-19-21-23-25-27-31-35-41-37(39)33-29-30-34-38(40)42-36-32-28-26-24-22-20-18-16-14-12-10-8-6-4-2/h33-34,37-38H,5-32,35-36H2,1-4H3;3-36H2,1-2H3/b34-33+;. The van der Waals surface area contributed by atoms with Crippen LogP contribution in [0.1, 0.15) is 427 Å². The summed E-state index contributed by atoms with van der Waals surface area (Å²) < 4.78 is 21.2. The minimum absolute atomic E-state index is 0.125.